The van der Waals surface area contributed by atoms with Gasteiger partial charge in [-0.05, 0) is 12.1 Å². The average Bonchev–Trinajstić information content (AvgIpc) is 2.77. The highest BCUT2D eigenvalue weighted by molar-refractivity contribution is 6.16. The summed E-state index contributed by atoms with van der Waals surface area (Å²) in [5.74, 6) is 0.583. The lowest BCUT2D eigenvalue weighted by atomic mass is 10.1. The Hall–Kier alpha value is -3.48. The molecule has 0 aliphatic heterocycles. The third kappa shape index (κ3) is 7.21. The minimum atomic E-state index is -0.466. The molecule has 0 saturated carbocycles. The van der Waals surface area contributed by atoms with Crippen LogP contribution in [0.25, 0.3) is 5.57 Å². The van der Waals surface area contributed by atoms with Crippen LogP contribution in [0, 0.1) is 0 Å². The summed E-state index contributed by atoms with van der Waals surface area (Å²) in [5, 5.41) is 0. The fourth-order valence-corrected chi connectivity index (χ4v) is 2.39. The van der Waals surface area contributed by atoms with Gasteiger partial charge in [0, 0.05) is 11.1 Å². The number of methoxy groups -OCH3 is 5. The molecule has 0 aromatic heterocycles. The molecule has 156 valence electrons. The predicted molar refractivity (Wildman–Crippen MR) is 109 cm³/mol. The Kier molecular flexibility index (Phi) is 10.4. The maximum absolute atomic E-state index is 11.5. The van der Waals surface area contributed by atoms with Gasteiger partial charge in [0.25, 0.3) is 0 Å². The molecule has 0 fully saturated rings. The first kappa shape index (κ1) is 23.6. The number of carbonyl (C=O) groups excluding carboxylic acids is 2. The van der Waals surface area contributed by atoms with E-state index in [0.717, 1.165) is 5.56 Å². The van der Waals surface area contributed by atoms with Gasteiger partial charge in [0.2, 0.25) is 0 Å². The summed E-state index contributed by atoms with van der Waals surface area (Å²) < 4.78 is 24.3. The van der Waals surface area contributed by atoms with Gasteiger partial charge in [-0.25, -0.2) is 4.79 Å². The first-order valence-corrected chi connectivity index (χ1v) is 8.65. The topological polar surface area (TPSA) is 80.3 Å². The molecule has 0 unspecified atom stereocenters. The quantitative estimate of drug-likeness (QED) is 0.399. The number of carbonyl (C=O) groups is 2. The van der Waals surface area contributed by atoms with Crippen LogP contribution >= 0.6 is 0 Å². The number of hydrogen-bond donors (Lipinski definition) is 0. The highest BCUT2D eigenvalue weighted by atomic mass is 16.5. The Morgan fingerprint density at radius 1 is 0.793 bits per heavy atom. The van der Waals surface area contributed by atoms with E-state index in [4.69, 9.17) is 14.2 Å². The monoisotopic (exact) mass is 402 g/mol. The second-order valence-electron chi connectivity index (χ2n) is 5.52. The highest BCUT2D eigenvalue weighted by Gasteiger charge is 2.16. The van der Waals surface area contributed by atoms with E-state index < -0.39 is 5.97 Å². The molecular formula is C22H26O7. The number of benzene rings is 2. The van der Waals surface area contributed by atoms with Gasteiger partial charge in [0.15, 0.2) is 0 Å². The van der Waals surface area contributed by atoms with Crippen molar-refractivity contribution in [1.29, 1.82) is 0 Å². The van der Waals surface area contributed by atoms with Crippen LogP contribution in [0.15, 0.2) is 54.8 Å². The molecule has 2 rings (SSSR count). The molecule has 0 bridgehead atoms. The number of hydrogen-bond acceptors (Lipinski definition) is 7. The maximum Gasteiger partial charge on any atom is 0.341 e. The Morgan fingerprint density at radius 3 is 1.93 bits per heavy atom. The molecule has 0 aliphatic carbocycles. The summed E-state index contributed by atoms with van der Waals surface area (Å²) in [4.78, 5) is 22.5. The van der Waals surface area contributed by atoms with Gasteiger partial charge in [0.1, 0.15) is 17.1 Å². The molecule has 7 nitrogen and oxygen atoms in total. The van der Waals surface area contributed by atoms with Crippen molar-refractivity contribution in [2.45, 2.75) is 6.42 Å². The molecule has 7 heteroatoms. The Bertz CT molecular complexity index is 827. The number of rotatable bonds is 7. The van der Waals surface area contributed by atoms with Crippen molar-refractivity contribution in [1.82, 2.24) is 0 Å². The van der Waals surface area contributed by atoms with Gasteiger partial charge >= 0.3 is 11.9 Å². The SMILES string of the molecule is CO/C=C(/C(=O)OC)c1ccccc1OC.COC(=O)Cc1ccccc1OC. The molecule has 29 heavy (non-hydrogen) atoms. The van der Waals surface area contributed by atoms with E-state index in [1.807, 2.05) is 36.4 Å². The van der Waals surface area contributed by atoms with Crippen LogP contribution in [0.5, 0.6) is 11.5 Å². The first-order chi connectivity index (χ1) is 14.0. The largest absolute Gasteiger partial charge is 0.503 e. The van der Waals surface area contributed by atoms with Crippen molar-refractivity contribution in [3.05, 3.63) is 65.9 Å². The Labute approximate surface area is 170 Å². The number of ether oxygens (including phenoxy) is 5. The standard InChI is InChI=1S/C12H14O4.C10H12O3/c1-14-8-10(12(13)16-3)9-6-4-5-7-11(9)15-2;1-12-9-6-4-3-5-8(9)7-10(11)13-2/h4-8H,1-3H3;3-6H,7H2,1-2H3/b10-8+;. The van der Waals surface area contributed by atoms with Crippen molar-refractivity contribution >= 4 is 17.5 Å². The summed E-state index contributed by atoms with van der Waals surface area (Å²) in [6.07, 6.45) is 1.59. The maximum atomic E-state index is 11.5. The zero-order valence-electron chi connectivity index (χ0n) is 17.3. The summed E-state index contributed by atoms with van der Waals surface area (Å²) in [6.45, 7) is 0. The van der Waals surface area contributed by atoms with E-state index >= 15 is 0 Å². The molecule has 0 radical (unpaired) electrons. The molecule has 2 aromatic rings. The smallest absolute Gasteiger partial charge is 0.341 e. The van der Waals surface area contributed by atoms with E-state index in [9.17, 15) is 9.59 Å². The average molecular weight is 402 g/mol. The van der Waals surface area contributed by atoms with Crippen LogP contribution in [-0.4, -0.2) is 47.5 Å². The van der Waals surface area contributed by atoms with Crippen LogP contribution in [-0.2, 0) is 30.2 Å². The fraction of sp³-hybridized carbons (Fsp3) is 0.273. The van der Waals surface area contributed by atoms with Gasteiger partial charge in [-0.3, -0.25) is 4.79 Å². The van der Waals surface area contributed by atoms with E-state index in [2.05, 4.69) is 9.47 Å². The second-order valence-corrected chi connectivity index (χ2v) is 5.52. The Morgan fingerprint density at radius 2 is 1.38 bits per heavy atom. The van der Waals surface area contributed by atoms with Crippen molar-refractivity contribution in [2.75, 3.05) is 35.5 Å². The normalized spacial score (nSPS) is 10.2. The van der Waals surface area contributed by atoms with Crippen molar-refractivity contribution in [3.8, 4) is 11.5 Å². The summed E-state index contributed by atoms with van der Waals surface area (Å²) >= 11 is 0. The lowest BCUT2D eigenvalue weighted by molar-refractivity contribution is -0.139. The van der Waals surface area contributed by atoms with Gasteiger partial charge in [-0.15, -0.1) is 0 Å². The summed E-state index contributed by atoms with van der Waals surface area (Å²) in [7, 11) is 7.29. The lowest BCUT2D eigenvalue weighted by Crippen LogP contribution is -2.05. The second kappa shape index (κ2) is 12.8. The first-order valence-electron chi connectivity index (χ1n) is 8.65. The van der Waals surface area contributed by atoms with E-state index in [1.54, 1.807) is 26.4 Å². The Balaban J connectivity index is 0.000000296. The molecular weight excluding hydrogens is 376 g/mol. The molecule has 0 atom stereocenters. The molecule has 0 aliphatic rings. The van der Waals surface area contributed by atoms with Gasteiger partial charge in [-0.1, -0.05) is 36.4 Å². The number of para-hydroxylation sites is 2. The van der Waals surface area contributed by atoms with Gasteiger partial charge < -0.3 is 23.7 Å². The van der Waals surface area contributed by atoms with Crippen LogP contribution < -0.4 is 9.47 Å². The van der Waals surface area contributed by atoms with Crippen LogP contribution in [0.1, 0.15) is 11.1 Å². The van der Waals surface area contributed by atoms with Crippen LogP contribution in [0.4, 0.5) is 0 Å². The molecule has 0 saturated heterocycles. The predicted octanol–water partition coefficient (Wildman–Crippen LogP) is 3.27. The fourth-order valence-electron chi connectivity index (χ4n) is 2.39. The summed E-state index contributed by atoms with van der Waals surface area (Å²) in [6, 6.07) is 14.5. The molecule has 2 aromatic carbocycles. The molecule has 0 spiro atoms. The number of esters is 2. The molecule has 0 N–H and O–H groups in total. The third-order valence-corrected chi connectivity index (χ3v) is 3.79. The third-order valence-electron chi connectivity index (χ3n) is 3.79. The van der Waals surface area contributed by atoms with Crippen molar-refractivity contribution in [2.24, 2.45) is 0 Å². The summed E-state index contributed by atoms with van der Waals surface area (Å²) in [5.41, 5.74) is 1.80. The minimum Gasteiger partial charge on any atom is -0.503 e. The minimum absolute atomic E-state index is 0.251. The van der Waals surface area contributed by atoms with E-state index in [-0.39, 0.29) is 12.4 Å². The van der Waals surface area contributed by atoms with Gasteiger partial charge in [0.05, 0.1) is 48.2 Å². The van der Waals surface area contributed by atoms with Crippen LogP contribution in [0.2, 0.25) is 0 Å². The highest BCUT2D eigenvalue weighted by Crippen LogP contribution is 2.26. The van der Waals surface area contributed by atoms with E-state index in [0.29, 0.717) is 22.6 Å². The zero-order valence-corrected chi connectivity index (χ0v) is 17.3. The van der Waals surface area contributed by atoms with Crippen LogP contribution in [0.3, 0.4) is 0 Å². The lowest BCUT2D eigenvalue weighted by Gasteiger charge is -2.09. The van der Waals surface area contributed by atoms with E-state index in [1.165, 1.54) is 27.6 Å². The van der Waals surface area contributed by atoms with Gasteiger partial charge in [-0.2, -0.15) is 0 Å². The van der Waals surface area contributed by atoms with Crippen molar-refractivity contribution in [3.63, 3.8) is 0 Å². The molecule has 0 heterocycles. The zero-order chi connectivity index (χ0) is 21.6. The van der Waals surface area contributed by atoms with Crippen molar-refractivity contribution < 1.29 is 33.3 Å². The molecule has 0 amide bonds.